The van der Waals surface area contributed by atoms with Gasteiger partial charge in [0.15, 0.2) is 5.96 Å². The van der Waals surface area contributed by atoms with E-state index in [9.17, 15) is 0 Å². The lowest BCUT2D eigenvalue weighted by molar-refractivity contribution is 0.134. The second kappa shape index (κ2) is 12.9. The van der Waals surface area contributed by atoms with Crippen molar-refractivity contribution in [1.82, 2.24) is 25.1 Å². The number of hydrogen-bond acceptors (Lipinski definition) is 3. The zero-order chi connectivity index (χ0) is 23.0. The molecule has 0 saturated carbocycles. The van der Waals surface area contributed by atoms with Crippen molar-refractivity contribution in [2.75, 3.05) is 13.6 Å². The first-order chi connectivity index (χ1) is 16.1. The molecule has 1 saturated heterocycles. The molecule has 182 valence electrons. The van der Waals surface area contributed by atoms with E-state index in [1.807, 2.05) is 26.4 Å². The molecule has 1 aliphatic heterocycles. The highest BCUT2D eigenvalue weighted by Crippen LogP contribution is 2.20. The van der Waals surface area contributed by atoms with Crippen LogP contribution in [0.3, 0.4) is 0 Å². The van der Waals surface area contributed by atoms with Crippen LogP contribution in [0.5, 0.6) is 0 Å². The van der Waals surface area contributed by atoms with Gasteiger partial charge in [-0.1, -0.05) is 54.6 Å². The van der Waals surface area contributed by atoms with Crippen LogP contribution in [-0.4, -0.2) is 46.1 Å². The van der Waals surface area contributed by atoms with Crippen molar-refractivity contribution in [2.24, 2.45) is 4.99 Å². The van der Waals surface area contributed by atoms with Gasteiger partial charge in [-0.2, -0.15) is 0 Å². The van der Waals surface area contributed by atoms with Gasteiger partial charge in [-0.25, -0.2) is 4.98 Å². The van der Waals surface area contributed by atoms with E-state index in [-0.39, 0.29) is 24.0 Å². The fraction of sp³-hybridized carbons (Fsp3) is 0.407. The number of guanidine groups is 1. The summed E-state index contributed by atoms with van der Waals surface area (Å²) in [4.78, 5) is 11.4. The van der Waals surface area contributed by atoms with Crippen molar-refractivity contribution in [3.63, 3.8) is 0 Å². The predicted octanol–water partition coefficient (Wildman–Crippen LogP) is 4.58. The minimum Gasteiger partial charge on any atom is -0.354 e. The Morgan fingerprint density at radius 1 is 1.06 bits per heavy atom. The van der Waals surface area contributed by atoms with Crippen LogP contribution in [0.2, 0.25) is 0 Å². The first-order valence-corrected chi connectivity index (χ1v) is 11.9. The molecule has 6 nitrogen and oxygen atoms in total. The number of likely N-dealkylation sites (tertiary alicyclic amines) is 1. The van der Waals surface area contributed by atoms with E-state index in [0.29, 0.717) is 12.1 Å². The van der Waals surface area contributed by atoms with Gasteiger partial charge >= 0.3 is 0 Å². The Labute approximate surface area is 220 Å². The molecule has 4 rings (SSSR count). The van der Waals surface area contributed by atoms with Crippen LogP contribution in [0, 0.1) is 6.92 Å². The van der Waals surface area contributed by atoms with Gasteiger partial charge in [0.25, 0.3) is 0 Å². The number of rotatable bonds is 7. The number of nitrogens with zero attached hydrogens (tertiary/aromatic N) is 4. The molecule has 1 aromatic heterocycles. The molecule has 34 heavy (non-hydrogen) atoms. The molecule has 0 aliphatic carbocycles. The van der Waals surface area contributed by atoms with E-state index in [1.54, 1.807) is 0 Å². The Balaban J connectivity index is 0.00000324. The Hall–Kier alpha value is -2.39. The highest BCUT2D eigenvalue weighted by atomic mass is 127. The third-order valence-corrected chi connectivity index (χ3v) is 6.53. The molecule has 0 bridgehead atoms. The zero-order valence-corrected chi connectivity index (χ0v) is 22.8. The fourth-order valence-electron chi connectivity index (χ4n) is 4.58. The Morgan fingerprint density at radius 3 is 2.53 bits per heavy atom. The number of hydrogen-bond donors (Lipinski definition) is 2. The van der Waals surface area contributed by atoms with Crippen LogP contribution >= 0.6 is 24.0 Å². The van der Waals surface area contributed by atoms with Crippen molar-refractivity contribution in [3.05, 3.63) is 89.5 Å². The van der Waals surface area contributed by atoms with E-state index in [4.69, 9.17) is 0 Å². The van der Waals surface area contributed by atoms with Crippen molar-refractivity contribution in [2.45, 2.75) is 58.4 Å². The van der Waals surface area contributed by atoms with Gasteiger partial charge < -0.3 is 15.2 Å². The summed E-state index contributed by atoms with van der Waals surface area (Å²) in [5.74, 6) is 1.91. The van der Waals surface area contributed by atoms with Gasteiger partial charge in [0.05, 0.1) is 0 Å². The number of aliphatic imine (C=N–C) groups is 1. The monoisotopic (exact) mass is 572 g/mol. The van der Waals surface area contributed by atoms with Gasteiger partial charge in [-0.05, 0) is 43.4 Å². The molecule has 2 N–H and O–H groups in total. The van der Waals surface area contributed by atoms with E-state index < -0.39 is 0 Å². The van der Waals surface area contributed by atoms with Crippen LogP contribution < -0.4 is 10.6 Å². The molecule has 0 radical (unpaired) electrons. The standard InChI is InChI=1S/C27H36N6.HI/c1-21-16-26(12-14-32(21)19-23-8-5-4-6-9-23)31-27(28-3)30-18-24-10-7-11-25(17-24)20-33-15-13-29-22(33)2;/h4-11,13,15,17,21,26H,12,14,16,18-20H2,1-3H3,(H2,28,30,31);1H. The fourth-order valence-corrected chi connectivity index (χ4v) is 4.58. The lowest BCUT2D eigenvalue weighted by atomic mass is 9.97. The molecule has 2 heterocycles. The number of nitrogens with one attached hydrogen (secondary N) is 2. The average molecular weight is 573 g/mol. The van der Waals surface area contributed by atoms with Gasteiger partial charge in [0.2, 0.25) is 0 Å². The number of aryl methyl sites for hydroxylation is 1. The van der Waals surface area contributed by atoms with Crippen LogP contribution in [0.1, 0.15) is 42.3 Å². The summed E-state index contributed by atoms with van der Waals surface area (Å²) in [5, 5.41) is 7.15. The number of benzene rings is 2. The molecule has 2 atom stereocenters. The van der Waals surface area contributed by atoms with E-state index in [1.165, 1.54) is 16.7 Å². The van der Waals surface area contributed by atoms with Crippen molar-refractivity contribution >= 4 is 29.9 Å². The molecular weight excluding hydrogens is 535 g/mol. The molecule has 1 fully saturated rings. The Kier molecular flexibility index (Phi) is 9.95. The highest BCUT2D eigenvalue weighted by molar-refractivity contribution is 14.0. The molecule has 0 spiro atoms. The topological polar surface area (TPSA) is 57.5 Å². The summed E-state index contributed by atoms with van der Waals surface area (Å²) >= 11 is 0. The number of aromatic nitrogens is 2. The molecule has 1 aliphatic rings. The van der Waals surface area contributed by atoms with Gasteiger partial charge in [0.1, 0.15) is 5.82 Å². The van der Waals surface area contributed by atoms with E-state index in [2.05, 4.69) is 91.6 Å². The third kappa shape index (κ3) is 7.30. The molecular formula is C27H37IN6. The smallest absolute Gasteiger partial charge is 0.191 e. The molecule has 2 aromatic carbocycles. The number of piperidine rings is 1. The minimum atomic E-state index is 0. The van der Waals surface area contributed by atoms with Gasteiger partial charge in [0, 0.05) is 57.7 Å². The normalized spacial score (nSPS) is 18.9. The zero-order valence-electron chi connectivity index (χ0n) is 20.4. The second-order valence-corrected chi connectivity index (χ2v) is 9.02. The lowest BCUT2D eigenvalue weighted by Gasteiger charge is -2.38. The summed E-state index contributed by atoms with van der Waals surface area (Å²) < 4.78 is 2.17. The molecule has 0 amide bonds. The van der Waals surface area contributed by atoms with E-state index in [0.717, 1.165) is 50.8 Å². The number of imidazole rings is 1. The molecule has 2 unspecified atom stereocenters. The first kappa shape index (κ1) is 26.2. The first-order valence-electron chi connectivity index (χ1n) is 11.9. The van der Waals surface area contributed by atoms with Crippen molar-refractivity contribution < 1.29 is 0 Å². The Morgan fingerprint density at radius 2 is 1.82 bits per heavy atom. The summed E-state index contributed by atoms with van der Waals surface area (Å²) in [6.07, 6.45) is 6.12. The summed E-state index contributed by atoms with van der Waals surface area (Å²) in [6.45, 7) is 8.08. The minimum absolute atomic E-state index is 0. The maximum Gasteiger partial charge on any atom is 0.191 e. The Bertz CT molecular complexity index is 1050. The third-order valence-electron chi connectivity index (χ3n) is 6.53. The van der Waals surface area contributed by atoms with Crippen LogP contribution in [0.25, 0.3) is 0 Å². The average Bonchev–Trinajstić information content (AvgIpc) is 3.23. The lowest BCUT2D eigenvalue weighted by Crippen LogP contribution is -2.51. The summed E-state index contributed by atoms with van der Waals surface area (Å²) in [6, 6.07) is 20.4. The molecule has 3 aromatic rings. The largest absolute Gasteiger partial charge is 0.354 e. The van der Waals surface area contributed by atoms with E-state index >= 15 is 0 Å². The maximum absolute atomic E-state index is 4.47. The maximum atomic E-state index is 4.47. The summed E-state index contributed by atoms with van der Waals surface area (Å²) in [5.41, 5.74) is 3.91. The summed E-state index contributed by atoms with van der Waals surface area (Å²) in [7, 11) is 1.85. The SMILES string of the molecule is CN=C(NCc1cccc(Cn2ccnc2C)c1)NC1CCN(Cc2ccccc2)C(C)C1.I. The number of halogens is 1. The predicted molar refractivity (Wildman–Crippen MR) is 151 cm³/mol. The molecule has 7 heteroatoms. The quantitative estimate of drug-likeness (QED) is 0.248. The van der Waals surface area contributed by atoms with Crippen LogP contribution in [-0.2, 0) is 19.6 Å². The van der Waals surface area contributed by atoms with Gasteiger partial charge in [-0.15, -0.1) is 24.0 Å². The van der Waals surface area contributed by atoms with Crippen LogP contribution in [0.15, 0.2) is 72.0 Å². The van der Waals surface area contributed by atoms with Crippen LogP contribution in [0.4, 0.5) is 0 Å². The van der Waals surface area contributed by atoms with Crippen molar-refractivity contribution in [3.8, 4) is 0 Å². The second-order valence-electron chi connectivity index (χ2n) is 9.02. The highest BCUT2D eigenvalue weighted by Gasteiger charge is 2.25. The van der Waals surface area contributed by atoms with Gasteiger partial charge in [-0.3, -0.25) is 9.89 Å². The van der Waals surface area contributed by atoms with Crippen molar-refractivity contribution in [1.29, 1.82) is 0 Å².